The Morgan fingerprint density at radius 1 is 0.784 bits per heavy atom. The van der Waals surface area contributed by atoms with Gasteiger partial charge in [-0.15, -0.1) is 0 Å². The molecule has 0 unspecified atom stereocenters. The summed E-state index contributed by atoms with van der Waals surface area (Å²) in [4.78, 5) is 72.7. The average molecular weight is 534 g/mol. The molecule has 0 aliphatic carbocycles. The number of nitrogens with two attached hydrogens (primary N) is 3. The lowest BCUT2D eigenvalue weighted by molar-refractivity contribution is -0.144. The molecule has 37 heavy (non-hydrogen) atoms. The Morgan fingerprint density at radius 2 is 1.30 bits per heavy atom. The number of primary amides is 1. The number of hydrogen-bond donors (Lipinski definition) is 10. The van der Waals surface area contributed by atoms with Crippen LogP contribution in [0.3, 0.4) is 0 Å². The molecule has 0 saturated heterocycles. The smallest absolute Gasteiger partial charge is 0.328 e. The van der Waals surface area contributed by atoms with Crippen molar-refractivity contribution in [3.63, 3.8) is 0 Å². The highest BCUT2D eigenvalue weighted by atomic mass is 16.4. The van der Waals surface area contributed by atoms with Gasteiger partial charge < -0.3 is 53.8 Å². The summed E-state index contributed by atoms with van der Waals surface area (Å²) in [6.45, 7) is 1.92. The molecule has 0 spiro atoms. The molecule has 16 heteroatoms. The summed E-state index contributed by atoms with van der Waals surface area (Å²) in [6.07, 6.45) is -0.977. The molecule has 0 aromatic rings. The molecule has 0 rings (SSSR count). The Bertz CT molecular complexity index is 807. The first-order chi connectivity index (χ1) is 17.2. The van der Waals surface area contributed by atoms with Crippen LogP contribution in [0.2, 0.25) is 0 Å². The van der Waals surface area contributed by atoms with Crippen LogP contribution in [-0.4, -0.2) is 100 Å². The molecule has 0 aliphatic heterocycles. The van der Waals surface area contributed by atoms with Crippen molar-refractivity contribution in [2.24, 2.45) is 17.2 Å². The second-order valence-corrected chi connectivity index (χ2v) is 8.51. The second-order valence-electron chi connectivity index (χ2n) is 8.51. The lowest BCUT2D eigenvalue weighted by Gasteiger charge is -2.27. The van der Waals surface area contributed by atoms with Crippen LogP contribution in [0.1, 0.15) is 46.0 Å². The summed E-state index contributed by atoms with van der Waals surface area (Å²) < 4.78 is 0. The summed E-state index contributed by atoms with van der Waals surface area (Å²) in [5.41, 5.74) is 16.1. The molecule has 0 aromatic heterocycles. The molecular formula is C21H39N7O9. The van der Waals surface area contributed by atoms with Crippen molar-refractivity contribution in [1.82, 2.24) is 21.3 Å². The van der Waals surface area contributed by atoms with Gasteiger partial charge in [-0.25, -0.2) is 4.79 Å². The van der Waals surface area contributed by atoms with Gasteiger partial charge in [0, 0.05) is 6.42 Å². The van der Waals surface area contributed by atoms with Gasteiger partial charge in [-0.1, -0.05) is 0 Å². The number of amides is 5. The van der Waals surface area contributed by atoms with Gasteiger partial charge in [-0.3, -0.25) is 24.0 Å². The first-order valence-corrected chi connectivity index (χ1v) is 11.7. The number of carboxylic acids is 1. The maximum absolute atomic E-state index is 13.0. The van der Waals surface area contributed by atoms with Gasteiger partial charge in [0.05, 0.1) is 18.8 Å². The first kappa shape index (κ1) is 33.7. The molecule has 6 atom stereocenters. The SMILES string of the molecule is C[C@H](N)C(=O)N[C@@H](CCC(N)=O)C(=O)N[C@@H](CCCCN)C(=O)N[C@H](C(=O)N[C@@H](CO)C(=O)O)[C@@H](C)O. The van der Waals surface area contributed by atoms with Crippen molar-refractivity contribution in [3.05, 3.63) is 0 Å². The summed E-state index contributed by atoms with van der Waals surface area (Å²) in [7, 11) is 0. The number of aliphatic hydroxyl groups excluding tert-OH is 2. The van der Waals surface area contributed by atoms with E-state index >= 15 is 0 Å². The third kappa shape index (κ3) is 13.0. The summed E-state index contributed by atoms with van der Waals surface area (Å²) >= 11 is 0. The Balaban J connectivity index is 5.72. The molecule has 0 radical (unpaired) electrons. The molecule has 0 heterocycles. The fourth-order valence-electron chi connectivity index (χ4n) is 3.00. The second kappa shape index (κ2) is 17.2. The van der Waals surface area contributed by atoms with Crippen LogP contribution in [0.4, 0.5) is 0 Å². The highest BCUT2D eigenvalue weighted by Crippen LogP contribution is 2.06. The monoisotopic (exact) mass is 533 g/mol. The quantitative estimate of drug-likeness (QED) is 0.0745. The molecule has 13 N–H and O–H groups in total. The van der Waals surface area contributed by atoms with Gasteiger partial charge in [0.25, 0.3) is 0 Å². The Labute approximate surface area is 214 Å². The van der Waals surface area contributed by atoms with E-state index in [2.05, 4.69) is 16.0 Å². The van der Waals surface area contributed by atoms with Crippen molar-refractivity contribution < 1.29 is 44.1 Å². The fraction of sp³-hybridized carbons (Fsp3) is 0.714. The summed E-state index contributed by atoms with van der Waals surface area (Å²) in [5, 5.41) is 37.2. The number of carbonyl (C=O) groups excluding carboxylic acids is 5. The number of nitrogens with one attached hydrogen (secondary N) is 4. The van der Waals surface area contributed by atoms with Gasteiger partial charge in [-0.05, 0) is 46.1 Å². The molecule has 212 valence electrons. The molecule has 16 nitrogen and oxygen atoms in total. The molecule has 0 aromatic carbocycles. The number of rotatable bonds is 18. The minimum Gasteiger partial charge on any atom is -0.480 e. The van der Waals surface area contributed by atoms with Crippen molar-refractivity contribution >= 4 is 35.5 Å². The standard InChI is InChI=1S/C21H39N7O9/c1-10(23)17(32)25-13(6-7-15(24)31)18(33)26-12(5-3-4-8-22)19(34)28-16(11(2)30)20(35)27-14(9-29)21(36)37/h10-14,16,29-30H,3-9,22-23H2,1-2H3,(H2,24,31)(H,25,32)(H,26,33)(H,27,35)(H,28,34)(H,36,37)/t10-,11+,12-,13-,14-,16-/m0/s1. The predicted molar refractivity (Wildman–Crippen MR) is 129 cm³/mol. The fourth-order valence-corrected chi connectivity index (χ4v) is 3.00. The van der Waals surface area contributed by atoms with Gasteiger partial charge in [0.1, 0.15) is 24.2 Å². The van der Waals surface area contributed by atoms with E-state index in [9.17, 15) is 33.9 Å². The van der Waals surface area contributed by atoms with Gasteiger partial charge >= 0.3 is 5.97 Å². The zero-order valence-electron chi connectivity index (χ0n) is 20.9. The average Bonchev–Trinajstić information content (AvgIpc) is 2.81. The Hall–Kier alpha value is -3.34. The van der Waals surface area contributed by atoms with Crippen LogP contribution in [0, 0.1) is 0 Å². The van der Waals surface area contributed by atoms with Crippen molar-refractivity contribution in [1.29, 1.82) is 0 Å². The van der Waals surface area contributed by atoms with Gasteiger partial charge in [-0.2, -0.15) is 0 Å². The lowest BCUT2D eigenvalue weighted by Crippen LogP contribution is -2.60. The van der Waals surface area contributed by atoms with Crippen molar-refractivity contribution in [2.75, 3.05) is 13.2 Å². The third-order valence-corrected chi connectivity index (χ3v) is 5.17. The maximum Gasteiger partial charge on any atom is 0.328 e. The van der Waals surface area contributed by atoms with E-state index in [1.165, 1.54) is 13.8 Å². The van der Waals surface area contributed by atoms with Crippen LogP contribution in [0.15, 0.2) is 0 Å². The Kier molecular flexibility index (Phi) is 15.6. The Morgan fingerprint density at radius 3 is 1.76 bits per heavy atom. The molecule has 0 bridgehead atoms. The zero-order chi connectivity index (χ0) is 28.7. The topological polar surface area (TPSA) is 289 Å². The van der Waals surface area contributed by atoms with Crippen LogP contribution < -0.4 is 38.5 Å². The van der Waals surface area contributed by atoms with Crippen LogP contribution >= 0.6 is 0 Å². The normalized spacial score (nSPS) is 15.7. The number of aliphatic carboxylic acids is 1. The summed E-state index contributed by atoms with van der Waals surface area (Å²) in [6, 6.07) is -6.79. The molecule has 0 saturated carbocycles. The van der Waals surface area contributed by atoms with Crippen LogP contribution in [0.5, 0.6) is 0 Å². The minimum absolute atomic E-state index is 0.0566. The van der Waals surface area contributed by atoms with E-state index in [0.717, 1.165) is 0 Å². The van der Waals surface area contributed by atoms with Gasteiger partial charge in [0.2, 0.25) is 29.5 Å². The number of carboxylic acid groups (broad SMARTS) is 1. The maximum atomic E-state index is 13.0. The van der Waals surface area contributed by atoms with Crippen molar-refractivity contribution in [3.8, 4) is 0 Å². The molecule has 5 amide bonds. The number of hydrogen-bond acceptors (Lipinski definition) is 10. The van der Waals surface area contributed by atoms with E-state index in [0.29, 0.717) is 19.4 Å². The van der Waals surface area contributed by atoms with Crippen LogP contribution in [-0.2, 0) is 28.8 Å². The largest absolute Gasteiger partial charge is 0.480 e. The van der Waals surface area contributed by atoms with E-state index in [1.807, 2.05) is 5.32 Å². The van der Waals surface area contributed by atoms with E-state index in [4.69, 9.17) is 27.4 Å². The lowest BCUT2D eigenvalue weighted by atomic mass is 10.0. The number of carbonyl (C=O) groups is 6. The number of aliphatic hydroxyl groups is 2. The highest BCUT2D eigenvalue weighted by Gasteiger charge is 2.33. The van der Waals surface area contributed by atoms with E-state index in [1.54, 1.807) is 0 Å². The van der Waals surface area contributed by atoms with Gasteiger partial charge in [0.15, 0.2) is 0 Å². The molecule has 0 aliphatic rings. The molecular weight excluding hydrogens is 494 g/mol. The summed E-state index contributed by atoms with van der Waals surface area (Å²) in [5.74, 6) is -5.74. The van der Waals surface area contributed by atoms with Crippen molar-refractivity contribution in [2.45, 2.75) is 82.3 Å². The molecule has 0 fully saturated rings. The highest BCUT2D eigenvalue weighted by molar-refractivity contribution is 5.95. The first-order valence-electron chi connectivity index (χ1n) is 11.7. The number of unbranched alkanes of at least 4 members (excludes halogenated alkanes) is 1. The van der Waals surface area contributed by atoms with E-state index in [-0.39, 0.29) is 19.3 Å². The minimum atomic E-state index is -1.68. The van der Waals surface area contributed by atoms with E-state index < -0.39 is 78.4 Å². The van der Waals surface area contributed by atoms with Crippen LogP contribution in [0.25, 0.3) is 0 Å². The third-order valence-electron chi connectivity index (χ3n) is 5.17. The zero-order valence-corrected chi connectivity index (χ0v) is 20.9. The predicted octanol–water partition coefficient (Wildman–Crippen LogP) is -4.88.